The second kappa shape index (κ2) is 11.3. The van der Waals surface area contributed by atoms with Crippen molar-refractivity contribution in [2.45, 2.75) is 9.79 Å². The number of fused-ring (bicyclic) bond motifs is 1. The van der Waals surface area contributed by atoms with Gasteiger partial charge in [0.2, 0.25) is 0 Å². The third kappa shape index (κ3) is 7.03. The minimum absolute atomic E-state index is 0. The summed E-state index contributed by atoms with van der Waals surface area (Å²) in [4.78, 5) is -1.66. The van der Waals surface area contributed by atoms with E-state index in [0.29, 0.717) is 5.39 Å². The molecule has 2 aromatic carbocycles. The summed E-state index contributed by atoms with van der Waals surface area (Å²) < 4.78 is 63.0. The first kappa shape index (κ1) is 29.3. The monoisotopic (exact) mass is 384 g/mol. The summed E-state index contributed by atoms with van der Waals surface area (Å²) in [5.41, 5.74) is 0. The molecule has 2 N–H and O–H groups in total. The van der Waals surface area contributed by atoms with Crippen LogP contribution >= 0.6 is 0 Å². The molecule has 0 atom stereocenters. The van der Waals surface area contributed by atoms with Gasteiger partial charge in [0.15, 0.2) is 0 Å². The van der Waals surface area contributed by atoms with Crippen molar-refractivity contribution in [1.82, 2.24) is 0 Å². The van der Waals surface area contributed by atoms with E-state index in [2.05, 4.69) is 0 Å². The number of hydrogen-bond acceptors (Lipinski definition) is 4. The molecule has 22 heavy (non-hydrogen) atoms. The standard InChI is InChI=1S/C10H8O6S2.4Na.4H/c11-17(12,13)9-6-5-7-3-1-2-4-8(7)10(9)18(14,15)16;;;;;;;;/h1-6H,(H,11,12,13)(H,14,15,16);;;;;;;;. The summed E-state index contributed by atoms with van der Waals surface area (Å²) in [5.74, 6) is 0. The Morgan fingerprint density at radius 3 is 1.64 bits per heavy atom. The first-order valence-electron chi connectivity index (χ1n) is 4.68. The van der Waals surface area contributed by atoms with Crippen LogP contribution in [0.4, 0.5) is 0 Å². The number of benzene rings is 2. The van der Waals surface area contributed by atoms with E-state index < -0.39 is 30.0 Å². The fourth-order valence-electron chi connectivity index (χ4n) is 1.69. The molecule has 0 aromatic heterocycles. The average molecular weight is 384 g/mol. The Balaban J connectivity index is -0.000000902. The summed E-state index contributed by atoms with van der Waals surface area (Å²) >= 11 is 0. The molecule has 0 bridgehead atoms. The van der Waals surface area contributed by atoms with Crippen molar-refractivity contribution >= 4 is 149 Å². The molecule has 0 heterocycles. The van der Waals surface area contributed by atoms with Gasteiger partial charge in [0.1, 0.15) is 9.79 Å². The molecule has 12 heteroatoms. The van der Waals surface area contributed by atoms with Gasteiger partial charge >= 0.3 is 118 Å². The zero-order valence-electron chi connectivity index (χ0n) is 8.81. The van der Waals surface area contributed by atoms with Crippen molar-refractivity contribution < 1.29 is 25.9 Å². The Hall–Kier alpha value is 2.52. The fraction of sp³-hybridized carbons (Fsp3) is 0. The summed E-state index contributed by atoms with van der Waals surface area (Å²) in [6.45, 7) is 0. The molecule has 0 spiro atoms. The van der Waals surface area contributed by atoms with E-state index in [1.807, 2.05) is 0 Å². The SMILES string of the molecule is O=S(=O)(O)c1ccc2ccccc2c1S(=O)(=O)O.[NaH].[NaH].[NaH].[NaH]. The quantitative estimate of drug-likeness (QED) is 0.494. The van der Waals surface area contributed by atoms with Crippen LogP contribution in [0.5, 0.6) is 0 Å². The van der Waals surface area contributed by atoms with Gasteiger partial charge in [-0.25, -0.2) is 0 Å². The van der Waals surface area contributed by atoms with Crippen LogP contribution in [0.2, 0.25) is 0 Å². The molecule has 0 aliphatic carbocycles. The molecule has 0 aliphatic rings. The molecule has 104 valence electrons. The van der Waals surface area contributed by atoms with E-state index in [9.17, 15) is 16.8 Å². The second-order valence-electron chi connectivity index (χ2n) is 3.56. The molecule has 0 unspecified atom stereocenters. The van der Waals surface area contributed by atoms with E-state index in [4.69, 9.17) is 9.11 Å². The molecule has 0 amide bonds. The van der Waals surface area contributed by atoms with Crippen molar-refractivity contribution in [2.24, 2.45) is 0 Å². The van der Waals surface area contributed by atoms with E-state index in [1.54, 1.807) is 12.1 Å². The summed E-state index contributed by atoms with van der Waals surface area (Å²) in [7, 11) is -9.53. The van der Waals surface area contributed by atoms with Crippen LogP contribution in [0.25, 0.3) is 10.8 Å². The molecule has 6 nitrogen and oxygen atoms in total. The van der Waals surface area contributed by atoms with Crippen molar-refractivity contribution in [3.8, 4) is 0 Å². The first-order valence-corrected chi connectivity index (χ1v) is 7.56. The molecular weight excluding hydrogens is 372 g/mol. The first-order chi connectivity index (χ1) is 8.21. The van der Waals surface area contributed by atoms with E-state index in [1.165, 1.54) is 18.2 Å². The minimum atomic E-state index is -4.78. The zero-order chi connectivity index (χ0) is 13.6. The molecule has 0 saturated heterocycles. The van der Waals surface area contributed by atoms with Crippen LogP contribution in [0.15, 0.2) is 46.2 Å². The molecule has 0 radical (unpaired) electrons. The van der Waals surface area contributed by atoms with Crippen LogP contribution in [0.1, 0.15) is 0 Å². The fourth-order valence-corrected chi connectivity index (χ4v) is 3.69. The Morgan fingerprint density at radius 2 is 1.18 bits per heavy atom. The van der Waals surface area contributed by atoms with Crippen molar-refractivity contribution in [1.29, 1.82) is 0 Å². The van der Waals surface area contributed by atoms with Crippen LogP contribution in [-0.2, 0) is 20.2 Å². The van der Waals surface area contributed by atoms with E-state index in [-0.39, 0.29) is 124 Å². The molecule has 0 aliphatic heterocycles. The van der Waals surface area contributed by atoms with Gasteiger partial charge in [-0.05, 0) is 11.5 Å². The Bertz CT molecular complexity index is 836. The molecule has 0 fully saturated rings. The van der Waals surface area contributed by atoms with Gasteiger partial charge in [0, 0.05) is 5.39 Å². The van der Waals surface area contributed by atoms with Gasteiger partial charge in [0.25, 0.3) is 20.2 Å². The zero-order valence-corrected chi connectivity index (χ0v) is 10.4. The van der Waals surface area contributed by atoms with Gasteiger partial charge in [-0.2, -0.15) is 16.8 Å². The molecule has 2 rings (SSSR count). The maximum absolute atomic E-state index is 11.3. The Morgan fingerprint density at radius 1 is 0.682 bits per heavy atom. The Labute approximate surface area is 217 Å². The van der Waals surface area contributed by atoms with Crippen molar-refractivity contribution in [3.63, 3.8) is 0 Å². The maximum atomic E-state index is 11.3. The second-order valence-corrected chi connectivity index (χ2v) is 6.31. The number of rotatable bonds is 2. The van der Waals surface area contributed by atoms with Crippen LogP contribution in [0, 0.1) is 0 Å². The van der Waals surface area contributed by atoms with E-state index in [0.717, 1.165) is 6.07 Å². The van der Waals surface area contributed by atoms with Crippen LogP contribution in [-0.4, -0.2) is 144 Å². The molecule has 2 aromatic rings. The summed E-state index contributed by atoms with van der Waals surface area (Å²) in [6, 6.07) is 8.28. The van der Waals surface area contributed by atoms with Crippen molar-refractivity contribution in [3.05, 3.63) is 36.4 Å². The predicted molar refractivity (Wildman–Crippen MR) is 92.2 cm³/mol. The third-order valence-electron chi connectivity index (χ3n) is 2.38. The normalized spacial score (nSPS) is 10.5. The summed E-state index contributed by atoms with van der Waals surface area (Å²) in [6.07, 6.45) is 0. The van der Waals surface area contributed by atoms with Gasteiger partial charge < -0.3 is 0 Å². The van der Waals surface area contributed by atoms with Crippen molar-refractivity contribution in [2.75, 3.05) is 0 Å². The van der Waals surface area contributed by atoms with Crippen LogP contribution in [0.3, 0.4) is 0 Å². The van der Waals surface area contributed by atoms with Gasteiger partial charge in [-0.1, -0.05) is 30.3 Å². The van der Waals surface area contributed by atoms with Crippen LogP contribution < -0.4 is 0 Å². The predicted octanol–water partition coefficient (Wildman–Crippen LogP) is -1.26. The molecule has 0 saturated carbocycles. The Kier molecular flexibility index (Phi) is 15.0. The molecular formula is C10H12Na4O6S2. The van der Waals surface area contributed by atoms with Gasteiger partial charge in [-0.15, -0.1) is 0 Å². The number of hydrogen-bond donors (Lipinski definition) is 2. The van der Waals surface area contributed by atoms with E-state index >= 15 is 0 Å². The van der Waals surface area contributed by atoms with Gasteiger partial charge in [0.05, 0.1) is 0 Å². The summed E-state index contributed by atoms with van der Waals surface area (Å²) in [5, 5.41) is 0.452. The topological polar surface area (TPSA) is 109 Å². The van der Waals surface area contributed by atoms with Gasteiger partial charge in [-0.3, -0.25) is 9.11 Å². The average Bonchev–Trinajstić information content (AvgIpc) is 2.24. The third-order valence-corrected chi connectivity index (χ3v) is 4.36.